The van der Waals surface area contributed by atoms with E-state index in [1.165, 1.54) is 7.11 Å². The van der Waals surface area contributed by atoms with Crippen molar-refractivity contribution in [3.05, 3.63) is 40.5 Å². The van der Waals surface area contributed by atoms with Gasteiger partial charge in [0.15, 0.2) is 5.78 Å². The number of hydrogen-bond donors (Lipinski definition) is 0. The number of ketones is 1. The Morgan fingerprint density at radius 1 is 1.14 bits per heavy atom. The van der Waals surface area contributed by atoms with E-state index in [2.05, 4.69) is 0 Å². The monoisotopic (exact) mass is 284 g/mol. The van der Waals surface area contributed by atoms with E-state index in [-0.39, 0.29) is 5.78 Å². The molecule has 2 aliphatic carbocycles. The summed E-state index contributed by atoms with van der Waals surface area (Å²) in [6.07, 6.45) is 3.40. The van der Waals surface area contributed by atoms with Crippen molar-refractivity contribution in [1.29, 1.82) is 0 Å². The average Bonchev–Trinajstić information content (AvgIpc) is 2.78. The van der Waals surface area contributed by atoms with Crippen molar-refractivity contribution in [2.75, 3.05) is 14.2 Å². The quantitative estimate of drug-likeness (QED) is 0.784. The lowest BCUT2D eigenvalue weighted by atomic mass is 9.98. The molecule has 3 rings (SSSR count). The highest BCUT2D eigenvalue weighted by Crippen LogP contribution is 2.40. The number of carbonyl (C=O) groups excluding carboxylic acids is 2. The number of carbonyl (C=O) groups is 2. The van der Waals surface area contributed by atoms with Crippen LogP contribution in [-0.4, -0.2) is 26.0 Å². The van der Waals surface area contributed by atoms with Gasteiger partial charge in [-0.3, -0.25) is 4.79 Å². The molecular formula is C17H16O4. The summed E-state index contributed by atoms with van der Waals surface area (Å²) < 4.78 is 10.1. The van der Waals surface area contributed by atoms with Crippen LogP contribution < -0.4 is 4.74 Å². The Kier molecular flexibility index (Phi) is 3.37. The lowest BCUT2D eigenvalue weighted by molar-refractivity contribution is -0.136. The number of rotatable bonds is 2. The molecule has 0 saturated carbocycles. The fourth-order valence-corrected chi connectivity index (χ4v) is 2.96. The minimum absolute atomic E-state index is 0.128. The van der Waals surface area contributed by atoms with Gasteiger partial charge < -0.3 is 9.47 Å². The van der Waals surface area contributed by atoms with E-state index in [0.717, 1.165) is 34.4 Å². The van der Waals surface area contributed by atoms with Crippen molar-refractivity contribution in [3.63, 3.8) is 0 Å². The zero-order valence-electron chi connectivity index (χ0n) is 12.1. The summed E-state index contributed by atoms with van der Waals surface area (Å²) in [5.41, 5.74) is 4.21. The number of ether oxygens (including phenoxy) is 2. The Morgan fingerprint density at radius 2 is 1.95 bits per heavy atom. The van der Waals surface area contributed by atoms with E-state index >= 15 is 0 Å². The standard InChI is InChI=1S/C17H16O4/c1-20-12-3-4-13-10(8-12)7-11(17(19)21-2)9-15-14(13)5-6-16(15)18/h3-4,7-8H,5-6,9H2,1-2H3. The molecule has 0 fully saturated rings. The third-order valence-electron chi connectivity index (χ3n) is 4.03. The van der Waals surface area contributed by atoms with Crippen LogP contribution in [-0.2, 0) is 14.3 Å². The van der Waals surface area contributed by atoms with Crippen LogP contribution in [0.2, 0.25) is 0 Å². The summed E-state index contributed by atoms with van der Waals surface area (Å²) in [7, 11) is 2.96. The topological polar surface area (TPSA) is 52.6 Å². The lowest BCUT2D eigenvalue weighted by Gasteiger charge is -2.09. The highest BCUT2D eigenvalue weighted by atomic mass is 16.5. The van der Waals surface area contributed by atoms with Crippen LogP contribution >= 0.6 is 0 Å². The van der Waals surface area contributed by atoms with Gasteiger partial charge in [0.25, 0.3) is 0 Å². The predicted molar refractivity (Wildman–Crippen MR) is 78.8 cm³/mol. The summed E-state index contributed by atoms with van der Waals surface area (Å²) >= 11 is 0. The van der Waals surface area contributed by atoms with Crippen LogP contribution in [0.4, 0.5) is 0 Å². The lowest BCUT2D eigenvalue weighted by Crippen LogP contribution is -2.07. The van der Waals surface area contributed by atoms with Gasteiger partial charge in [-0.1, -0.05) is 6.07 Å². The summed E-state index contributed by atoms with van der Waals surface area (Å²) in [5, 5.41) is 0. The molecule has 0 N–H and O–H groups in total. The predicted octanol–water partition coefficient (Wildman–Crippen LogP) is 2.77. The molecule has 0 spiro atoms. The zero-order valence-corrected chi connectivity index (χ0v) is 12.1. The summed E-state index contributed by atoms with van der Waals surface area (Å²) in [4.78, 5) is 24.0. The van der Waals surface area contributed by atoms with Crippen LogP contribution in [0.25, 0.3) is 11.6 Å². The van der Waals surface area contributed by atoms with Crippen molar-refractivity contribution >= 4 is 23.4 Å². The Hall–Kier alpha value is -2.36. The molecule has 108 valence electrons. The molecule has 4 heteroatoms. The molecule has 0 heterocycles. The van der Waals surface area contributed by atoms with Gasteiger partial charge in [-0.05, 0) is 41.3 Å². The molecule has 0 radical (unpaired) electrons. The molecule has 0 unspecified atom stereocenters. The summed E-state index contributed by atoms with van der Waals surface area (Å²) in [6.45, 7) is 0. The molecule has 0 bridgehead atoms. The van der Waals surface area contributed by atoms with Gasteiger partial charge in [0.1, 0.15) is 5.75 Å². The number of allylic oxidation sites excluding steroid dienone is 2. The van der Waals surface area contributed by atoms with E-state index in [1.807, 2.05) is 18.2 Å². The molecular weight excluding hydrogens is 268 g/mol. The first-order valence-electron chi connectivity index (χ1n) is 6.86. The number of esters is 1. The van der Waals surface area contributed by atoms with Crippen molar-refractivity contribution in [3.8, 4) is 5.75 Å². The number of Topliss-reactive ketones (excluding diaryl/α,β-unsaturated/α-hetero) is 1. The minimum atomic E-state index is -0.391. The number of methoxy groups -OCH3 is 2. The molecule has 0 aliphatic heterocycles. The molecule has 0 atom stereocenters. The number of benzene rings is 1. The SMILES string of the molecule is COC(=O)C1=Cc2cc(OC)ccc2C2=C(C1)C(=O)CC2. The fourth-order valence-electron chi connectivity index (χ4n) is 2.96. The molecule has 1 aromatic carbocycles. The second kappa shape index (κ2) is 5.20. The molecule has 1 aromatic rings. The van der Waals surface area contributed by atoms with Crippen molar-refractivity contribution in [2.24, 2.45) is 0 Å². The Balaban J connectivity index is 2.20. The van der Waals surface area contributed by atoms with E-state index < -0.39 is 5.97 Å². The molecule has 0 saturated heterocycles. The third-order valence-corrected chi connectivity index (χ3v) is 4.03. The first-order chi connectivity index (χ1) is 10.1. The first kappa shape index (κ1) is 13.6. The van der Waals surface area contributed by atoms with Gasteiger partial charge in [-0.25, -0.2) is 4.79 Å². The summed E-state index contributed by atoms with van der Waals surface area (Å²) in [5.74, 6) is 0.461. The van der Waals surface area contributed by atoms with Gasteiger partial charge >= 0.3 is 5.97 Å². The number of fused-ring (bicyclic) bond motifs is 2. The summed E-state index contributed by atoms with van der Waals surface area (Å²) in [6, 6.07) is 5.72. The van der Waals surface area contributed by atoms with E-state index in [4.69, 9.17) is 9.47 Å². The van der Waals surface area contributed by atoms with E-state index in [1.54, 1.807) is 13.2 Å². The van der Waals surface area contributed by atoms with Crippen molar-refractivity contribution in [1.82, 2.24) is 0 Å². The Labute approximate surface area is 123 Å². The second-order valence-corrected chi connectivity index (χ2v) is 5.17. The molecule has 0 amide bonds. The van der Waals surface area contributed by atoms with Crippen LogP contribution in [0, 0.1) is 0 Å². The third kappa shape index (κ3) is 2.27. The average molecular weight is 284 g/mol. The molecule has 4 nitrogen and oxygen atoms in total. The van der Waals surface area contributed by atoms with Crippen LogP contribution in [0.5, 0.6) is 5.75 Å². The van der Waals surface area contributed by atoms with Crippen molar-refractivity contribution in [2.45, 2.75) is 19.3 Å². The van der Waals surface area contributed by atoms with Gasteiger partial charge in [-0.15, -0.1) is 0 Å². The second-order valence-electron chi connectivity index (χ2n) is 5.17. The smallest absolute Gasteiger partial charge is 0.334 e. The van der Waals surface area contributed by atoms with Gasteiger partial charge in [-0.2, -0.15) is 0 Å². The Bertz CT molecular complexity index is 695. The number of hydrogen-bond acceptors (Lipinski definition) is 4. The van der Waals surface area contributed by atoms with E-state index in [0.29, 0.717) is 18.4 Å². The molecule has 2 aliphatic rings. The van der Waals surface area contributed by atoms with Gasteiger partial charge in [0.2, 0.25) is 0 Å². The maximum Gasteiger partial charge on any atom is 0.334 e. The highest BCUT2D eigenvalue weighted by Gasteiger charge is 2.29. The highest BCUT2D eigenvalue weighted by molar-refractivity contribution is 6.11. The molecule has 0 aromatic heterocycles. The van der Waals surface area contributed by atoms with Crippen LogP contribution in [0.3, 0.4) is 0 Å². The molecule has 21 heavy (non-hydrogen) atoms. The largest absolute Gasteiger partial charge is 0.497 e. The van der Waals surface area contributed by atoms with Crippen molar-refractivity contribution < 1.29 is 19.1 Å². The minimum Gasteiger partial charge on any atom is -0.497 e. The van der Waals surface area contributed by atoms with Gasteiger partial charge in [0, 0.05) is 24.0 Å². The maximum atomic E-state index is 12.1. The maximum absolute atomic E-state index is 12.1. The Morgan fingerprint density at radius 3 is 2.67 bits per heavy atom. The zero-order chi connectivity index (χ0) is 15.0. The van der Waals surface area contributed by atoms with Crippen LogP contribution in [0.15, 0.2) is 29.3 Å². The first-order valence-corrected chi connectivity index (χ1v) is 6.86. The van der Waals surface area contributed by atoms with Crippen LogP contribution in [0.1, 0.15) is 30.4 Å². The fraction of sp³-hybridized carbons (Fsp3) is 0.294. The van der Waals surface area contributed by atoms with E-state index in [9.17, 15) is 9.59 Å². The normalized spacial score (nSPS) is 16.9. The van der Waals surface area contributed by atoms with Gasteiger partial charge in [0.05, 0.1) is 14.2 Å².